The number of hydrogen-bond donors (Lipinski definition) is 1. The highest BCUT2D eigenvalue weighted by Crippen LogP contribution is 2.12. The predicted molar refractivity (Wildman–Crippen MR) is 82.5 cm³/mol. The summed E-state index contributed by atoms with van der Waals surface area (Å²) in [6, 6.07) is 7.67. The smallest absolute Gasteiger partial charge is 0.343 e. The quantitative estimate of drug-likeness (QED) is 0.563. The summed E-state index contributed by atoms with van der Waals surface area (Å²) in [5.41, 5.74) is 1.17. The molecule has 0 bridgehead atoms. The van der Waals surface area contributed by atoms with Gasteiger partial charge in [-0.05, 0) is 30.7 Å². The van der Waals surface area contributed by atoms with Gasteiger partial charge in [-0.1, -0.05) is 12.1 Å². The average Bonchev–Trinajstić information content (AvgIpc) is 3.06. The molecular weight excluding hydrogens is 282 g/mol. The van der Waals surface area contributed by atoms with E-state index in [0.29, 0.717) is 5.75 Å². The number of ether oxygens (including phenoxy) is 2. The molecule has 6 nitrogen and oxygen atoms in total. The molecule has 0 aliphatic heterocycles. The summed E-state index contributed by atoms with van der Waals surface area (Å²) < 4.78 is 11.9. The van der Waals surface area contributed by atoms with Gasteiger partial charge < -0.3 is 19.4 Å². The largest absolute Gasteiger partial charge is 0.482 e. The molecule has 0 atom stereocenters. The van der Waals surface area contributed by atoms with Gasteiger partial charge in [0.25, 0.3) is 0 Å². The van der Waals surface area contributed by atoms with Crippen molar-refractivity contribution in [1.29, 1.82) is 0 Å². The minimum absolute atomic E-state index is 0.0671. The number of aryl methyl sites for hydroxylation is 1. The molecule has 1 aromatic carbocycles. The van der Waals surface area contributed by atoms with Gasteiger partial charge in [-0.2, -0.15) is 0 Å². The molecule has 0 aliphatic carbocycles. The first-order valence-corrected chi connectivity index (χ1v) is 7.23. The molecule has 1 aromatic heterocycles. The van der Waals surface area contributed by atoms with Gasteiger partial charge in [0.05, 0.1) is 13.4 Å². The molecule has 0 amide bonds. The van der Waals surface area contributed by atoms with E-state index < -0.39 is 0 Å². The van der Waals surface area contributed by atoms with Crippen LogP contribution in [0.4, 0.5) is 0 Å². The molecule has 2 rings (SSSR count). The third-order valence-corrected chi connectivity index (χ3v) is 3.17. The van der Waals surface area contributed by atoms with Crippen molar-refractivity contribution >= 4 is 5.97 Å². The number of carbonyl (C=O) groups is 1. The second-order valence-electron chi connectivity index (χ2n) is 4.84. The lowest BCUT2D eigenvalue weighted by molar-refractivity contribution is -0.142. The summed E-state index contributed by atoms with van der Waals surface area (Å²) in [6.07, 6.45) is 6.63. The van der Waals surface area contributed by atoms with Crippen molar-refractivity contribution in [1.82, 2.24) is 14.9 Å². The van der Waals surface area contributed by atoms with E-state index in [4.69, 9.17) is 4.74 Å². The number of nitrogens with one attached hydrogen (secondary N) is 1. The third-order valence-electron chi connectivity index (χ3n) is 3.17. The summed E-state index contributed by atoms with van der Waals surface area (Å²) >= 11 is 0. The van der Waals surface area contributed by atoms with Crippen LogP contribution in [0.15, 0.2) is 43.0 Å². The Balaban J connectivity index is 1.62. The van der Waals surface area contributed by atoms with Gasteiger partial charge in [0.15, 0.2) is 6.61 Å². The van der Waals surface area contributed by atoms with Crippen molar-refractivity contribution < 1.29 is 14.3 Å². The van der Waals surface area contributed by atoms with E-state index in [1.54, 1.807) is 6.20 Å². The van der Waals surface area contributed by atoms with Crippen LogP contribution in [0.25, 0.3) is 0 Å². The molecular formula is C16H21N3O3. The molecule has 0 radical (unpaired) electrons. The van der Waals surface area contributed by atoms with Crippen molar-refractivity contribution in [3.05, 3.63) is 48.5 Å². The van der Waals surface area contributed by atoms with Gasteiger partial charge in [-0.25, -0.2) is 9.78 Å². The van der Waals surface area contributed by atoms with E-state index in [2.05, 4.69) is 19.6 Å². The Morgan fingerprint density at radius 2 is 2.14 bits per heavy atom. The zero-order valence-electron chi connectivity index (χ0n) is 12.7. The summed E-state index contributed by atoms with van der Waals surface area (Å²) in [6.45, 7) is 2.65. The lowest BCUT2D eigenvalue weighted by Gasteiger charge is -2.07. The highest BCUT2D eigenvalue weighted by atomic mass is 16.6. The SMILES string of the molecule is COC(=O)COc1ccc(CNCCCn2ccnc2)cc1. The maximum absolute atomic E-state index is 11.0. The maximum atomic E-state index is 11.0. The average molecular weight is 303 g/mol. The van der Waals surface area contributed by atoms with Crippen LogP contribution in [0.3, 0.4) is 0 Å². The van der Waals surface area contributed by atoms with Gasteiger partial charge >= 0.3 is 5.97 Å². The van der Waals surface area contributed by atoms with Gasteiger partial charge in [-0.15, -0.1) is 0 Å². The van der Waals surface area contributed by atoms with Crippen molar-refractivity contribution in [2.45, 2.75) is 19.5 Å². The fraction of sp³-hybridized carbons (Fsp3) is 0.375. The van der Waals surface area contributed by atoms with Crippen LogP contribution >= 0.6 is 0 Å². The summed E-state index contributed by atoms with van der Waals surface area (Å²) in [4.78, 5) is 15.0. The highest BCUT2D eigenvalue weighted by Gasteiger charge is 2.01. The Kier molecular flexibility index (Phi) is 6.44. The lowest BCUT2D eigenvalue weighted by Crippen LogP contribution is -2.16. The number of rotatable bonds is 9. The molecule has 0 saturated carbocycles. The van der Waals surface area contributed by atoms with Crippen molar-refractivity contribution in [2.75, 3.05) is 20.3 Å². The third kappa shape index (κ3) is 5.57. The normalized spacial score (nSPS) is 10.4. The van der Waals surface area contributed by atoms with E-state index in [1.165, 1.54) is 12.7 Å². The van der Waals surface area contributed by atoms with Crippen LogP contribution in [0, 0.1) is 0 Å². The first kappa shape index (κ1) is 16.0. The molecule has 0 saturated heterocycles. The Bertz CT molecular complexity index is 553. The van der Waals surface area contributed by atoms with Gasteiger partial charge in [-0.3, -0.25) is 0 Å². The summed E-state index contributed by atoms with van der Waals surface area (Å²) in [5.74, 6) is 0.276. The number of esters is 1. The Labute approximate surface area is 130 Å². The second kappa shape index (κ2) is 8.84. The molecule has 2 aromatic rings. The van der Waals surface area contributed by atoms with Crippen molar-refractivity contribution in [3.63, 3.8) is 0 Å². The standard InChI is InChI=1S/C16H21N3O3/c1-21-16(20)12-22-15-5-3-14(4-6-15)11-17-7-2-9-19-10-8-18-13-19/h3-6,8,10,13,17H,2,7,9,11-12H2,1H3. The van der Waals surface area contributed by atoms with E-state index in [0.717, 1.165) is 26.1 Å². The van der Waals surface area contributed by atoms with Crippen LogP contribution in [-0.2, 0) is 22.6 Å². The molecule has 0 fully saturated rings. The monoisotopic (exact) mass is 303 g/mol. The maximum Gasteiger partial charge on any atom is 0.343 e. The zero-order valence-corrected chi connectivity index (χ0v) is 12.7. The lowest BCUT2D eigenvalue weighted by atomic mass is 10.2. The van der Waals surface area contributed by atoms with Gasteiger partial charge in [0.2, 0.25) is 0 Å². The van der Waals surface area contributed by atoms with Crippen molar-refractivity contribution in [3.8, 4) is 5.75 Å². The molecule has 1 heterocycles. The molecule has 0 unspecified atom stereocenters. The molecule has 0 spiro atoms. The minimum Gasteiger partial charge on any atom is -0.482 e. The molecule has 0 aliphatic rings. The Hall–Kier alpha value is -2.34. The van der Waals surface area contributed by atoms with Crippen molar-refractivity contribution in [2.24, 2.45) is 0 Å². The number of methoxy groups -OCH3 is 1. The molecule has 6 heteroatoms. The summed E-state index contributed by atoms with van der Waals surface area (Å²) in [5, 5.41) is 3.39. The first-order valence-electron chi connectivity index (χ1n) is 7.23. The molecule has 1 N–H and O–H groups in total. The van der Waals surface area contributed by atoms with E-state index in [9.17, 15) is 4.79 Å². The van der Waals surface area contributed by atoms with Crippen LogP contribution in [0.1, 0.15) is 12.0 Å². The van der Waals surface area contributed by atoms with E-state index in [-0.39, 0.29) is 12.6 Å². The van der Waals surface area contributed by atoms with Crippen LogP contribution in [-0.4, -0.2) is 35.8 Å². The van der Waals surface area contributed by atoms with Crippen LogP contribution in [0.2, 0.25) is 0 Å². The Morgan fingerprint density at radius 3 is 2.82 bits per heavy atom. The van der Waals surface area contributed by atoms with Gasteiger partial charge in [0.1, 0.15) is 5.75 Å². The van der Waals surface area contributed by atoms with E-state index in [1.807, 2.05) is 36.8 Å². The van der Waals surface area contributed by atoms with Crippen LogP contribution in [0.5, 0.6) is 5.75 Å². The number of benzene rings is 1. The minimum atomic E-state index is -0.386. The number of nitrogens with zero attached hydrogens (tertiary/aromatic N) is 2. The second-order valence-corrected chi connectivity index (χ2v) is 4.84. The number of carbonyl (C=O) groups excluding carboxylic acids is 1. The fourth-order valence-corrected chi connectivity index (χ4v) is 1.94. The summed E-state index contributed by atoms with van der Waals surface area (Å²) in [7, 11) is 1.34. The Morgan fingerprint density at radius 1 is 1.32 bits per heavy atom. The topological polar surface area (TPSA) is 65.4 Å². The molecule has 118 valence electrons. The number of aromatic nitrogens is 2. The predicted octanol–water partition coefficient (Wildman–Crippen LogP) is 1.61. The molecule has 22 heavy (non-hydrogen) atoms. The number of imidazole rings is 1. The fourth-order valence-electron chi connectivity index (χ4n) is 1.94. The van der Waals surface area contributed by atoms with Gasteiger partial charge in [0, 0.05) is 25.5 Å². The van der Waals surface area contributed by atoms with Crippen LogP contribution < -0.4 is 10.1 Å². The van der Waals surface area contributed by atoms with E-state index >= 15 is 0 Å². The highest BCUT2D eigenvalue weighted by molar-refractivity contribution is 5.70. The zero-order chi connectivity index (χ0) is 15.6. The number of hydrogen-bond acceptors (Lipinski definition) is 5. The first-order chi connectivity index (χ1) is 10.8.